The Labute approximate surface area is 177 Å². The van der Waals surface area contributed by atoms with Crippen LogP contribution in [0, 0.1) is 0 Å². The summed E-state index contributed by atoms with van der Waals surface area (Å²) in [6, 6.07) is 11.3. The largest absolute Gasteiger partial charge is 0.465 e. The molecule has 0 unspecified atom stereocenters. The van der Waals surface area contributed by atoms with Crippen LogP contribution >= 0.6 is 22.9 Å². The zero-order valence-corrected chi connectivity index (χ0v) is 17.7. The van der Waals surface area contributed by atoms with Gasteiger partial charge in [-0.3, -0.25) is 9.59 Å². The molecule has 1 amide bonds. The standard InChI is InChI=1S/C22H21ClN2O3S/c1-2-28-19(26)13-25-20-17(23)8-5-9-18(20)29-22(25)24-21(27)16-11-10-14-6-3-4-7-15(14)12-16/h5,8-12H,2-4,6-7,13H2,1H3. The Morgan fingerprint density at radius 3 is 2.76 bits per heavy atom. The number of aryl methyl sites for hydroxylation is 2. The minimum atomic E-state index is -0.394. The summed E-state index contributed by atoms with van der Waals surface area (Å²) in [4.78, 5) is 29.8. The number of hydrogen-bond donors (Lipinski definition) is 0. The summed E-state index contributed by atoms with van der Waals surface area (Å²) in [6.45, 7) is 2.00. The number of rotatable bonds is 4. The molecule has 5 nitrogen and oxygen atoms in total. The van der Waals surface area contributed by atoms with Crippen molar-refractivity contribution in [2.45, 2.75) is 39.2 Å². The molecule has 2 aromatic carbocycles. The molecular weight excluding hydrogens is 408 g/mol. The third kappa shape index (κ3) is 4.14. The van der Waals surface area contributed by atoms with E-state index in [1.807, 2.05) is 30.3 Å². The fourth-order valence-electron chi connectivity index (χ4n) is 3.67. The second-order valence-corrected chi connectivity index (χ2v) is 8.39. The van der Waals surface area contributed by atoms with E-state index >= 15 is 0 Å². The van der Waals surface area contributed by atoms with Crippen molar-refractivity contribution in [2.75, 3.05) is 6.61 Å². The Morgan fingerprint density at radius 1 is 1.17 bits per heavy atom. The minimum Gasteiger partial charge on any atom is -0.465 e. The Balaban J connectivity index is 1.78. The first kappa shape index (κ1) is 19.9. The molecule has 0 N–H and O–H groups in total. The van der Waals surface area contributed by atoms with E-state index in [-0.39, 0.29) is 19.1 Å². The smallest absolute Gasteiger partial charge is 0.326 e. The van der Waals surface area contributed by atoms with E-state index in [1.165, 1.54) is 28.9 Å². The molecule has 0 radical (unpaired) electrons. The van der Waals surface area contributed by atoms with Crippen LogP contribution < -0.4 is 4.80 Å². The zero-order chi connectivity index (χ0) is 20.4. The number of hydrogen-bond acceptors (Lipinski definition) is 4. The number of esters is 1. The molecule has 29 heavy (non-hydrogen) atoms. The first-order valence-corrected chi connectivity index (χ1v) is 10.9. The van der Waals surface area contributed by atoms with Gasteiger partial charge in [-0.15, -0.1) is 0 Å². The average Bonchev–Trinajstić information content (AvgIpc) is 3.06. The van der Waals surface area contributed by atoms with Gasteiger partial charge in [-0.1, -0.05) is 35.1 Å². The second kappa shape index (κ2) is 8.51. The van der Waals surface area contributed by atoms with Gasteiger partial charge in [0.1, 0.15) is 6.54 Å². The van der Waals surface area contributed by atoms with Gasteiger partial charge in [-0.2, -0.15) is 4.99 Å². The van der Waals surface area contributed by atoms with Crippen LogP contribution in [0.5, 0.6) is 0 Å². The summed E-state index contributed by atoms with van der Waals surface area (Å²) >= 11 is 7.71. The summed E-state index contributed by atoms with van der Waals surface area (Å²) in [6.07, 6.45) is 4.41. The van der Waals surface area contributed by atoms with Crippen LogP contribution in [0.1, 0.15) is 41.3 Å². The maximum Gasteiger partial charge on any atom is 0.326 e. The van der Waals surface area contributed by atoms with Gasteiger partial charge < -0.3 is 9.30 Å². The van der Waals surface area contributed by atoms with Crippen molar-refractivity contribution in [1.82, 2.24) is 4.57 Å². The van der Waals surface area contributed by atoms with E-state index in [9.17, 15) is 9.59 Å². The zero-order valence-electron chi connectivity index (χ0n) is 16.1. The van der Waals surface area contributed by atoms with Crippen LogP contribution in [0.25, 0.3) is 10.2 Å². The Bertz CT molecular complexity index is 1160. The number of ether oxygens (including phenoxy) is 1. The van der Waals surface area contributed by atoms with Crippen molar-refractivity contribution in [2.24, 2.45) is 4.99 Å². The number of fused-ring (bicyclic) bond motifs is 2. The fraction of sp³-hybridized carbons (Fsp3) is 0.318. The number of aromatic nitrogens is 1. The lowest BCUT2D eigenvalue weighted by Crippen LogP contribution is -2.23. The lowest BCUT2D eigenvalue weighted by molar-refractivity contribution is -0.143. The SMILES string of the molecule is CCOC(=O)Cn1c(=NC(=O)c2ccc3c(c2)CCCC3)sc2cccc(Cl)c21. The van der Waals surface area contributed by atoms with Crippen LogP contribution in [0.3, 0.4) is 0 Å². The van der Waals surface area contributed by atoms with E-state index < -0.39 is 5.97 Å². The lowest BCUT2D eigenvalue weighted by atomic mass is 9.90. The second-order valence-electron chi connectivity index (χ2n) is 6.97. The molecule has 0 saturated heterocycles. The summed E-state index contributed by atoms with van der Waals surface area (Å²) in [5.74, 6) is -0.714. The van der Waals surface area contributed by atoms with Crippen LogP contribution in [0.2, 0.25) is 5.02 Å². The molecule has 0 saturated carbocycles. The highest BCUT2D eigenvalue weighted by molar-refractivity contribution is 7.16. The van der Waals surface area contributed by atoms with E-state index in [0.717, 1.165) is 24.0 Å². The van der Waals surface area contributed by atoms with Crippen molar-refractivity contribution in [3.8, 4) is 0 Å². The van der Waals surface area contributed by atoms with Gasteiger partial charge in [0.05, 0.1) is 21.8 Å². The van der Waals surface area contributed by atoms with Gasteiger partial charge in [-0.25, -0.2) is 0 Å². The summed E-state index contributed by atoms with van der Waals surface area (Å²) in [7, 11) is 0. The van der Waals surface area contributed by atoms with Crippen LogP contribution in [-0.2, 0) is 28.9 Å². The summed E-state index contributed by atoms with van der Waals surface area (Å²) < 4.78 is 7.61. The molecule has 1 aromatic heterocycles. The fourth-order valence-corrected chi connectivity index (χ4v) is 5.06. The predicted molar refractivity (Wildman–Crippen MR) is 114 cm³/mol. The van der Waals surface area contributed by atoms with E-state index in [1.54, 1.807) is 17.6 Å². The number of carbonyl (C=O) groups is 2. The van der Waals surface area contributed by atoms with Crippen LogP contribution in [-0.4, -0.2) is 23.1 Å². The van der Waals surface area contributed by atoms with Crippen molar-refractivity contribution in [3.63, 3.8) is 0 Å². The molecule has 0 spiro atoms. The molecule has 4 rings (SSSR count). The quantitative estimate of drug-likeness (QED) is 0.573. The molecule has 0 fully saturated rings. The molecule has 0 aliphatic heterocycles. The van der Waals surface area contributed by atoms with Crippen molar-refractivity contribution in [1.29, 1.82) is 0 Å². The molecule has 7 heteroatoms. The number of nitrogens with zero attached hydrogens (tertiary/aromatic N) is 2. The van der Waals surface area contributed by atoms with Crippen molar-refractivity contribution >= 4 is 45.0 Å². The van der Waals surface area contributed by atoms with Gasteiger partial charge in [0.25, 0.3) is 5.91 Å². The molecule has 0 atom stereocenters. The number of carbonyl (C=O) groups excluding carboxylic acids is 2. The first-order valence-electron chi connectivity index (χ1n) is 9.71. The monoisotopic (exact) mass is 428 g/mol. The Morgan fingerprint density at radius 2 is 1.97 bits per heavy atom. The van der Waals surface area contributed by atoms with Crippen molar-refractivity contribution < 1.29 is 14.3 Å². The molecule has 0 bridgehead atoms. The normalized spacial score (nSPS) is 14.1. The third-order valence-corrected chi connectivity index (χ3v) is 6.39. The minimum absolute atomic E-state index is 0.0477. The maximum absolute atomic E-state index is 12.9. The third-order valence-electron chi connectivity index (χ3n) is 5.04. The van der Waals surface area contributed by atoms with Gasteiger partial charge >= 0.3 is 5.97 Å². The number of benzene rings is 2. The highest BCUT2D eigenvalue weighted by Crippen LogP contribution is 2.26. The summed E-state index contributed by atoms with van der Waals surface area (Å²) in [5, 5.41) is 0.505. The van der Waals surface area contributed by atoms with E-state index in [4.69, 9.17) is 16.3 Å². The summed E-state index contributed by atoms with van der Waals surface area (Å²) in [5.41, 5.74) is 3.80. The topological polar surface area (TPSA) is 60.7 Å². The molecule has 150 valence electrons. The van der Waals surface area contributed by atoms with Gasteiger partial charge in [0.2, 0.25) is 0 Å². The molecule has 1 aliphatic rings. The molecule has 1 aliphatic carbocycles. The van der Waals surface area contributed by atoms with E-state index in [2.05, 4.69) is 4.99 Å². The number of para-hydroxylation sites is 1. The molecule has 3 aromatic rings. The number of thiazole rings is 1. The highest BCUT2D eigenvalue weighted by Gasteiger charge is 2.16. The van der Waals surface area contributed by atoms with Crippen LogP contribution in [0.15, 0.2) is 41.4 Å². The number of halogens is 1. The Hall–Kier alpha value is -2.44. The first-order chi connectivity index (χ1) is 14.1. The van der Waals surface area contributed by atoms with Crippen LogP contribution in [0.4, 0.5) is 0 Å². The molecule has 1 heterocycles. The maximum atomic E-state index is 12.9. The van der Waals surface area contributed by atoms with E-state index in [0.29, 0.717) is 20.9 Å². The predicted octanol–water partition coefficient (Wildman–Crippen LogP) is 4.54. The van der Waals surface area contributed by atoms with Gasteiger partial charge in [0.15, 0.2) is 4.80 Å². The highest BCUT2D eigenvalue weighted by atomic mass is 35.5. The number of amides is 1. The average molecular weight is 429 g/mol. The molecular formula is C22H21ClN2O3S. The van der Waals surface area contributed by atoms with Gasteiger partial charge in [0, 0.05) is 5.56 Å². The Kier molecular flexibility index (Phi) is 5.83. The lowest BCUT2D eigenvalue weighted by Gasteiger charge is -2.15. The van der Waals surface area contributed by atoms with Crippen molar-refractivity contribution in [3.05, 3.63) is 62.9 Å². The van der Waals surface area contributed by atoms with Gasteiger partial charge in [-0.05, 0) is 68.0 Å².